The fourth-order valence-electron chi connectivity index (χ4n) is 9.70. The summed E-state index contributed by atoms with van der Waals surface area (Å²) in [5.41, 5.74) is 1.61. The molecule has 62 heavy (non-hydrogen) atoms. The number of imide groups is 2. The van der Waals surface area contributed by atoms with E-state index in [-0.39, 0.29) is 35.5 Å². The van der Waals surface area contributed by atoms with Crippen LogP contribution in [0.4, 0.5) is 0 Å². The molecule has 2 atom stereocenters. The van der Waals surface area contributed by atoms with Crippen LogP contribution in [0.5, 0.6) is 0 Å². The van der Waals surface area contributed by atoms with Gasteiger partial charge in [0.25, 0.3) is 23.6 Å². The maximum absolute atomic E-state index is 14.5. The van der Waals surface area contributed by atoms with Gasteiger partial charge in [-0.1, -0.05) is 207 Å². The maximum Gasteiger partial charge on any atom is 0.263 e. The molecule has 4 heterocycles. The van der Waals surface area contributed by atoms with Crippen molar-refractivity contribution in [1.29, 1.82) is 0 Å². The number of unbranched alkanes of at least 4 members (excludes halogenated alkanes) is 24. The van der Waals surface area contributed by atoms with Crippen LogP contribution < -0.4 is 0 Å². The zero-order valence-corrected chi connectivity index (χ0v) is 44.1. The number of carbonyl (C=O) groups is 4. The topological polar surface area (TPSA) is 74.8 Å². The summed E-state index contributed by atoms with van der Waals surface area (Å²) in [6, 6.07) is 0. The van der Waals surface area contributed by atoms with E-state index < -0.39 is 0 Å². The average Bonchev–Trinajstić information content (AvgIpc) is 3.94. The Labute approximate surface area is 402 Å². The fraction of sp³-hybridized carbons (Fsp3) is 0.769. The van der Waals surface area contributed by atoms with Crippen molar-refractivity contribution < 1.29 is 19.2 Å². The van der Waals surface area contributed by atoms with Gasteiger partial charge in [-0.05, 0) is 69.4 Å². The van der Waals surface area contributed by atoms with Crippen LogP contribution in [0.15, 0.2) is 7.57 Å². The number of halogens is 2. The van der Waals surface area contributed by atoms with Crippen molar-refractivity contribution in [1.82, 2.24) is 9.80 Å². The monoisotopic (exact) mass is 1020 g/mol. The van der Waals surface area contributed by atoms with Gasteiger partial charge in [-0.25, -0.2) is 0 Å². The lowest BCUT2D eigenvalue weighted by atomic mass is 9.93. The van der Waals surface area contributed by atoms with E-state index in [4.69, 9.17) is 0 Å². The smallest absolute Gasteiger partial charge is 0.263 e. The second-order valence-electron chi connectivity index (χ2n) is 18.7. The van der Waals surface area contributed by atoms with Gasteiger partial charge in [-0.2, -0.15) is 0 Å². The summed E-state index contributed by atoms with van der Waals surface area (Å²) >= 11 is 10.1. The summed E-state index contributed by atoms with van der Waals surface area (Å²) in [7, 11) is 0. The Morgan fingerprint density at radius 2 is 0.581 bits per heavy atom. The second-order valence-corrected chi connectivity index (χ2v) is 23.4. The maximum atomic E-state index is 14.5. The molecule has 0 spiro atoms. The van der Waals surface area contributed by atoms with Gasteiger partial charge >= 0.3 is 0 Å². The molecule has 0 aromatic carbocycles. The molecule has 6 nitrogen and oxygen atoms in total. The molecule has 0 aliphatic carbocycles. The molecule has 2 aliphatic rings. The first-order chi connectivity index (χ1) is 30.2. The van der Waals surface area contributed by atoms with Crippen LogP contribution in [0.25, 0.3) is 9.75 Å². The molecule has 0 saturated carbocycles. The van der Waals surface area contributed by atoms with Gasteiger partial charge in [0, 0.05) is 13.1 Å². The summed E-state index contributed by atoms with van der Waals surface area (Å²) in [4.78, 5) is 61.6. The van der Waals surface area contributed by atoms with Crippen molar-refractivity contribution in [3.63, 3.8) is 0 Å². The molecule has 2 aromatic heterocycles. The number of thiophene rings is 2. The number of carbonyl (C=O) groups excluding carboxylic acids is 4. The summed E-state index contributed by atoms with van der Waals surface area (Å²) in [6.45, 7) is 9.88. The lowest BCUT2D eigenvalue weighted by Gasteiger charge is -2.23. The van der Waals surface area contributed by atoms with Crippen LogP contribution in [-0.4, -0.2) is 46.5 Å². The third-order valence-corrected chi connectivity index (χ3v) is 17.4. The first kappa shape index (κ1) is 53.3. The quantitative estimate of drug-likeness (QED) is 0.0499. The highest BCUT2D eigenvalue weighted by Gasteiger charge is 2.47. The summed E-state index contributed by atoms with van der Waals surface area (Å²) < 4.78 is 1.24. The second kappa shape index (κ2) is 30.0. The van der Waals surface area contributed by atoms with E-state index in [1.807, 2.05) is 0 Å². The Balaban J connectivity index is 1.47. The van der Waals surface area contributed by atoms with E-state index in [2.05, 4.69) is 59.6 Å². The van der Waals surface area contributed by atoms with Crippen molar-refractivity contribution in [2.75, 3.05) is 13.1 Å². The Morgan fingerprint density at radius 3 is 0.839 bits per heavy atom. The Bertz CT molecular complexity index is 1550. The van der Waals surface area contributed by atoms with Crippen LogP contribution >= 0.6 is 54.5 Å². The number of nitrogens with zero attached hydrogens (tertiary/aromatic N) is 2. The third kappa shape index (κ3) is 15.9. The number of fused-ring (bicyclic) bond motifs is 2. The molecule has 2 aliphatic heterocycles. The average molecular weight is 1020 g/mol. The predicted octanol–water partition coefficient (Wildman–Crippen LogP) is 18.0. The Hall–Kier alpha value is -1.36. The first-order valence-electron chi connectivity index (χ1n) is 25.6. The van der Waals surface area contributed by atoms with Crippen molar-refractivity contribution in [2.45, 2.75) is 233 Å². The minimum atomic E-state index is -0.262. The van der Waals surface area contributed by atoms with Crippen LogP contribution in [-0.2, 0) is 0 Å². The molecular weight excluding hydrogens is 941 g/mol. The highest BCUT2D eigenvalue weighted by atomic mass is 79.9. The molecule has 10 heteroatoms. The van der Waals surface area contributed by atoms with E-state index in [1.165, 1.54) is 187 Å². The van der Waals surface area contributed by atoms with Gasteiger partial charge in [-0.3, -0.25) is 29.0 Å². The van der Waals surface area contributed by atoms with Crippen molar-refractivity contribution in [3.8, 4) is 9.75 Å². The highest BCUT2D eigenvalue weighted by molar-refractivity contribution is 9.11. The third-order valence-electron chi connectivity index (χ3n) is 13.5. The molecule has 2 aromatic rings. The first-order valence-corrected chi connectivity index (χ1v) is 28.8. The van der Waals surface area contributed by atoms with Crippen molar-refractivity contribution >= 4 is 78.2 Å². The molecule has 0 saturated heterocycles. The summed E-state index contributed by atoms with van der Waals surface area (Å²) in [5, 5.41) is 0. The van der Waals surface area contributed by atoms with Crippen molar-refractivity contribution in [3.05, 3.63) is 29.8 Å². The van der Waals surface area contributed by atoms with Gasteiger partial charge in [-0.15, -0.1) is 22.7 Å². The largest absolute Gasteiger partial charge is 0.274 e. The predicted molar refractivity (Wildman–Crippen MR) is 271 cm³/mol. The van der Waals surface area contributed by atoms with Crippen LogP contribution in [0.3, 0.4) is 0 Å². The number of hydrogen-bond acceptors (Lipinski definition) is 6. The van der Waals surface area contributed by atoms with Gasteiger partial charge in [0.2, 0.25) is 0 Å². The Morgan fingerprint density at radius 1 is 0.355 bits per heavy atom. The Kier molecular flexibility index (Phi) is 25.8. The van der Waals surface area contributed by atoms with Gasteiger partial charge in [0.1, 0.15) is 0 Å². The zero-order valence-electron chi connectivity index (χ0n) is 39.3. The minimum absolute atomic E-state index is 0.238. The molecule has 4 amide bonds. The van der Waals surface area contributed by atoms with E-state index >= 15 is 0 Å². The van der Waals surface area contributed by atoms with E-state index in [1.54, 1.807) is 0 Å². The molecule has 350 valence electrons. The lowest BCUT2D eigenvalue weighted by Crippen LogP contribution is -2.35. The summed E-state index contributed by atoms with van der Waals surface area (Å²) in [6.07, 6.45) is 38.9. The standard InChI is InChI=1S/C52H82Br2N2O4S2/c1-5-9-13-17-21-23-27-31-35-39(33-29-25-19-15-11-7-3)37-55-49(57)41-43(51(55)59)47(53)61-45(41)46-42-44(48(54)62-46)52(60)56(50(42)58)38-40(34-30-26-20-16-12-8-4)36-32-28-24-22-18-14-10-6-2/h39-40H,5-38H2,1-4H3. The van der Waals surface area contributed by atoms with Crippen LogP contribution in [0.2, 0.25) is 0 Å². The number of hydrogen-bond donors (Lipinski definition) is 0. The van der Waals surface area contributed by atoms with Gasteiger partial charge in [0.15, 0.2) is 0 Å². The zero-order chi connectivity index (χ0) is 44.7. The molecule has 0 fully saturated rings. The van der Waals surface area contributed by atoms with E-state index in [9.17, 15) is 19.2 Å². The summed E-state index contributed by atoms with van der Waals surface area (Å²) in [5.74, 6) is -0.459. The highest BCUT2D eigenvalue weighted by Crippen LogP contribution is 2.52. The SMILES string of the molecule is CCCCCCCCCCC(CCCCCCCC)CN1C(=O)c2c(Br)sc(-c3sc(Br)c4c3C(=O)N(CC(CCCCCCCC)CCCCCCCCCC)C4=O)c2C1=O. The lowest BCUT2D eigenvalue weighted by molar-refractivity contribution is 0.0606. The molecule has 0 radical (unpaired) electrons. The molecule has 4 rings (SSSR count). The van der Waals surface area contributed by atoms with Crippen molar-refractivity contribution in [2.24, 2.45) is 11.8 Å². The fourth-order valence-corrected chi connectivity index (χ4v) is 13.6. The number of rotatable bonds is 37. The molecular formula is C52H82Br2N2O4S2. The minimum Gasteiger partial charge on any atom is -0.274 e. The van der Waals surface area contributed by atoms with E-state index in [0.29, 0.717) is 52.7 Å². The van der Waals surface area contributed by atoms with Gasteiger partial charge in [0.05, 0.1) is 39.6 Å². The van der Waals surface area contributed by atoms with E-state index in [0.717, 1.165) is 51.4 Å². The van der Waals surface area contributed by atoms with Crippen LogP contribution in [0, 0.1) is 11.8 Å². The number of amides is 4. The van der Waals surface area contributed by atoms with Crippen LogP contribution in [0.1, 0.15) is 275 Å². The molecule has 2 unspecified atom stereocenters. The molecule has 0 N–H and O–H groups in total. The van der Waals surface area contributed by atoms with Gasteiger partial charge < -0.3 is 0 Å². The molecule has 0 bridgehead atoms. The normalized spacial score (nSPS) is 14.8.